The molecule has 0 saturated heterocycles. The third-order valence-corrected chi connectivity index (χ3v) is 3.03. The SMILES string of the molecule is O=C(COc1ccc(Cl)cc1)Nc1nnc(-c2ccncc2)o1. The minimum atomic E-state index is -0.412. The van der Waals surface area contributed by atoms with Crippen LogP contribution in [0.2, 0.25) is 5.02 Å². The van der Waals surface area contributed by atoms with Gasteiger partial charge in [-0.2, -0.15) is 0 Å². The summed E-state index contributed by atoms with van der Waals surface area (Å²) >= 11 is 5.77. The second-order valence-corrected chi connectivity index (χ2v) is 4.88. The number of amides is 1. The number of rotatable bonds is 5. The molecular formula is C15H11ClN4O3. The van der Waals surface area contributed by atoms with Crippen molar-refractivity contribution in [3.05, 3.63) is 53.8 Å². The van der Waals surface area contributed by atoms with Crippen molar-refractivity contribution in [1.29, 1.82) is 0 Å². The number of anilines is 1. The number of aromatic nitrogens is 3. The molecule has 2 heterocycles. The molecule has 0 radical (unpaired) electrons. The molecule has 0 saturated carbocycles. The fourth-order valence-corrected chi connectivity index (χ4v) is 1.85. The molecule has 0 aliphatic rings. The van der Waals surface area contributed by atoms with Crippen LogP contribution in [0.4, 0.5) is 6.01 Å². The van der Waals surface area contributed by atoms with Crippen LogP contribution >= 0.6 is 11.6 Å². The first kappa shape index (κ1) is 15.0. The molecule has 0 fully saturated rings. The van der Waals surface area contributed by atoms with Crippen molar-refractivity contribution in [2.24, 2.45) is 0 Å². The van der Waals surface area contributed by atoms with E-state index in [1.165, 1.54) is 0 Å². The Morgan fingerprint density at radius 3 is 2.61 bits per heavy atom. The van der Waals surface area contributed by atoms with Gasteiger partial charge in [0.25, 0.3) is 5.91 Å². The Morgan fingerprint density at radius 2 is 1.87 bits per heavy atom. The first-order chi connectivity index (χ1) is 11.2. The van der Waals surface area contributed by atoms with E-state index in [1.54, 1.807) is 48.8 Å². The second-order valence-electron chi connectivity index (χ2n) is 4.44. The number of benzene rings is 1. The zero-order valence-electron chi connectivity index (χ0n) is 11.8. The van der Waals surface area contributed by atoms with Gasteiger partial charge in [-0.1, -0.05) is 16.7 Å². The average molecular weight is 331 g/mol. The number of hydrogen-bond donors (Lipinski definition) is 1. The van der Waals surface area contributed by atoms with Crippen molar-refractivity contribution < 1.29 is 13.9 Å². The summed E-state index contributed by atoms with van der Waals surface area (Å²) in [6.07, 6.45) is 3.22. The summed E-state index contributed by atoms with van der Waals surface area (Å²) in [4.78, 5) is 15.7. The van der Waals surface area contributed by atoms with Crippen LogP contribution in [-0.4, -0.2) is 27.7 Å². The van der Waals surface area contributed by atoms with Crippen molar-refractivity contribution in [3.8, 4) is 17.2 Å². The second kappa shape index (κ2) is 6.89. The molecule has 0 aliphatic carbocycles. The lowest BCUT2D eigenvalue weighted by Gasteiger charge is -2.04. The van der Waals surface area contributed by atoms with Gasteiger partial charge >= 0.3 is 6.01 Å². The smallest absolute Gasteiger partial charge is 0.322 e. The number of pyridine rings is 1. The molecule has 1 amide bonds. The molecule has 1 aromatic carbocycles. The van der Waals surface area contributed by atoms with E-state index in [-0.39, 0.29) is 12.6 Å². The van der Waals surface area contributed by atoms with E-state index >= 15 is 0 Å². The lowest BCUT2D eigenvalue weighted by Crippen LogP contribution is -2.20. The summed E-state index contributed by atoms with van der Waals surface area (Å²) in [6, 6.07) is 10.1. The maximum Gasteiger partial charge on any atom is 0.322 e. The van der Waals surface area contributed by atoms with Crippen LogP contribution in [0.1, 0.15) is 0 Å². The van der Waals surface area contributed by atoms with Crippen molar-refractivity contribution in [1.82, 2.24) is 15.2 Å². The van der Waals surface area contributed by atoms with Crippen molar-refractivity contribution >= 4 is 23.5 Å². The zero-order valence-corrected chi connectivity index (χ0v) is 12.5. The predicted octanol–water partition coefficient (Wildman–Crippen LogP) is 2.80. The monoisotopic (exact) mass is 330 g/mol. The Morgan fingerprint density at radius 1 is 1.13 bits per heavy atom. The van der Waals surface area contributed by atoms with Gasteiger partial charge < -0.3 is 9.15 Å². The molecule has 3 aromatic rings. The maximum atomic E-state index is 11.8. The number of ether oxygens (including phenoxy) is 1. The molecule has 2 aromatic heterocycles. The zero-order chi connectivity index (χ0) is 16.1. The quantitative estimate of drug-likeness (QED) is 0.773. The minimum absolute atomic E-state index is 0.00141. The van der Waals surface area contributed by atoms with E-state index in [0.717, 1.165) is 0 Å². The van der Waals surface area contributed by atoms with Crippen LogP contribution in [0.3, 0.4) is 0 Å². The molecule has 0 bridgehead atoms. The predicted molar refractivity (Wildman–Crippen MR) is 83.1 cm³/mol. The third-order valence-electron chi connectivity index (χ3n) is 2.78. The van der Waals surface area contributed by atoms with Crippen LogP contribution in [0.5, 0.6) is 5.75 Å². The molecule has 7 nitrogen and oxygen atoms in total. The summed E-state index contributed by atoms with van der Waals surface area (Å²) in [5, 5.41) is 10.7. The Hall–Kier alpha value is -2.93. The van der Waals surface area contributed by atoms with Gasteiger partial charge in [0.15, 0.2) is 6.61 Å². The Bertz CT molecular complexity index is 790. The topological polar surface area (TPSA) is 90.1 Å². The maximum absolute atomic E-state index is 11.8. The van der Waals surface area contributed by atoms with E-state index in [1.807, 2.05) is 0 Å². The van der Waals surface area contributed by atoms with Gasteiger partial charge in [-0.05, 0) is 36.4 Å². The summed E-state index contributed by atoms with van der Waals surface area (Å²) < 4.78 is 10.7. The number of carbonyl (C=O) groups excluding carboxylic acids is 1. The molecule has 0 atom stereocenters. The Balaban J connectivity index is 1.56. The number of carbonyl (C=O) groups is 1. The number of halogens is 1. The van der Waals surface area contributed by atoms with Crippen molar-refractivity contribution in [3.63, 3.8) is 0 Å². The molecule has 0 unspecified atom stereocenters. The lowest BCUT2D eigenvalue weighted by atomic mass is 10.3. The highest BCUT2D eigenvalue weighted by atomic mass is 35.5. The highest BCUT2D eigenvalue weighted by molar-refractivity contribution is 6.30. The normalized spacial score (nSPS) is 10.3. The van der Waals surface area contributed by atoms with E-state index in [9.17, 15) is 4.79 Å². The molecule has 0 spiro atoms. The number of hydrogen-bond acceptors (Lipinski definition) is 6. The number of nitrogens with zero attached hydrogens (tertiary/aromatic N) is 3. The fraction of sp³-hybridized carbons (Fsp3) is 0.0667. The Labute approximate surface area is 136 Å². The van der Waals surface area contributed by atoms with Gasteiger partial charge in [-0.3, -0.25) is 15.1 Å². The van der Waals surface area contributed by atoms with Gasteiger partial charge in [0.1, 0.15) is 5.75 Å². The molecule has 1 N–H and O–H groups in total. The molecule has 0 aliphatic heterocycles. The lowest BCUT2D eigenvalue weighted by molar-refractivity contribution is -0.118. The van der Waals surface area contributed by atoms with Crippen LogP contribution in [0.15, 0.2) is 53.2 Å². The van der Waals surface area contributed by atoms with Gasteiger partial charge in [-0.25, -0.2) is 0 Å². The van der Waals surface area contributed by atoms with Gasteiger partial charge in [0.05, 0.1) is 0 Å². The summed E-state index contributed by atoms with van der Waals surface area (Å²) in [7, 11) is 0. The summed E-state index contributed by atoms with van der Waals surface area (Å²) in [5.41, 5.74) is 0.713. The first-order valence-corrected chi connectivity index (χ1v) is 7.00. The molecular weight excluding hydrogens is 320 g/mol. The highest BCUT2D eigenvalue weighted by Crippen LogP contribution is 2.19. The van der Waals surface area contributed by atoms with E-state index in [4.69, 9.17) is 20.8 Å². The number of nitrogens with one attached hydrogen (secondary N) is 1. The highest BCUT2D eigenvalue weighted by Gasteiger charge is 2.11. The molecule has 23 heavy (non-hydrogen) atoms. The summed E-state index contributed by atoms with van der Waals surface area (Å²) in [5.74, 6) is 0.416. The van der Waals surface area contributed by atoms with Gasteiger partial charge in [0.2, 0.25) is 5.89 Å². The van der Waals surface area contributed by atoms with Crippen LogP contribution in [0, 0.1) is 0 Å². The minimum Gasteiger partial charge on any atom is -0.484 e. The average Bonchev–Trinajstić information content (AvgIpc) is 3.04. The van der Waals surface area contributed by atoms with E-state index in [2.05, 4.69) is 20.5 Å². The van der Waals surface area contributed by atoms with Crippen LogP contribution in [-0.2, 0) is 4.79 Å². The van der Waals surface area contributed by atoms with E-state index < -0.39 is 5.91 Å². The van der Waals surface area contributed by atoms with Gasteiger partial charge in [-0.15, -0.1) is 5.10 Å². The summed E-state index contributed by atoms with van der Waals surface area (Å²) in [6.45, 7) is -0.186. The first-order valence-electron chi connectivity index (χ1n) is 6.63. The van der Waals surface area contributed by atoms with Crippen molar-refractivity contribution in [2.75, 3.05) is 11.9 Å². The Kier molecular flexibility index (Phi) is 4.49. The van der Waals surface area contributed by atoms with Crippen molar-refractivity contribution in [2.45, 2.75) is 0 Å². The van der Waals surface area contributed by atoms with Crippen LogP contribution < -0.4 is 10.1 Å². The largest absolute Gasteiger partial charge is 0.484 e. The molecule has 3 rings (SSSR count). The third kappa shape index (κ3) is 4.04. The molecule has 8 heteroatoms. The fourth-order valence-electron chi connectivity index (χ4n) is 1.72. The van der Waals surface area contributed by atoms with E-state index in [0.29, 0.717) is 22.2 Å². The van der Waals surface area contributed by atoms with Gasteiger partial charge in [0, 0.05) is 23.0 Å². The van der Waals surface area contributed by atoms with Crippen LogP contribution in [0.25, 0.3) is 11.5 Å². The standard InChI is InChI=1S/C15H11ClN4O3/c16-11-1-3-12(4-2-11)22-9-13(21)18-15-20-19-14(23-15)10-5-7-17-8-6-10/h1-8H,9H2,(H,18,20,21). The molecule has 116 valence electrons.